The molecule has 0 aliphatic heterocycles. The van der Waals surface area contributed by atoms with E-state index in [1.54, 1.807) is 0 Å². The van der Waals surface area contributed by atoms with Crippen molar-refractivity contribution in [1.29, 1.82) is 0 Å². The summed E-state index contributed by atoms with van der Waals surface area (Å²) in [6.07, 6.45) is 1.20. The molecule has 106 valence electrons. The molecular formula is C16H25NO2. The molecule has 3 heteroatoms. The highest BCUT2D eigenvalue weighted by Crippen LogP contribution is 2.20. The van der Waals surface area contributed by atoms with Gasteiger partial charge < -0.3 is 10.4 Å². The van der Waals surface area contributed by atoms with Crippen LogP contribution in [0.25, 0.3) is 0 Å². The van der Waals surface area contributed by atoms with Crippen LogP contribution in [-0.2, 0) is 4.79 Å². The Morgan fingerprint density at radius 3 is 2.53 bits per heavy atom. The lowest BCUT2D eigenvalue weighted by Crippen LogP contribution is -2.35. The van der Waals surface area contributed by atoms with E-state index in [9.17, 15) is 4.79 Å². The Balaban J connectivity index is 2.39. The zero-order valence-electron chi connectivity index (χ0n) is 12.1. The third kappa shape index (κ3) is 5.88. The fourth-order valence-electron chi connectivity index (χ4n) is 1.98. The summed E-state index contributed by atoms with van der Waals surface area (Å²) in [6.45, 7) is 6.92. The van der Waals surface area contributed by atoms with Crippen LogP contribution in [0.1, 0.15) is 45.1 Å². The van der Waals surface area contributed by atoms with Crippen LogP contribution in [0.3, 0.4) is 0 Å². The van der Waals surface area contributed by atoms with E-state index in [1.807, 2.05) is 44.2 Å². The molecule has 0 saturated heterocycles. The van der Waals surface area contributed by atoms with Gasteiger partial charge in [-0.15, -0.1) is 0 Å². The maximum absolute atomic E-state index is 11.9. The molecule has 0 fully saturated rings. The number of hydrogen-bond donors (Lipinski definition) is 2. The Hall–Kier alpha value is -1.35. The van der Waals surface area contributed by atoms with Crippen LogP contribution in [0.4, 0.5) is 0 Å². The number of benzene rings is 1. The SMILES string of the molecule is CC(CC(=O)NCC(C)(C)CCO)c1ccccc1. The van der Waals surface area contributed by atoms with E-state index < -0.39 is 0 Å². The average Bonchev–Trinajstić information content (AvgIpc) is 2.37. The van der Waals surface area contributed by atoms with Gasteiger partial charge in [0.15, 0.2) is 0 Å². The van der Waals surface area contributed by atoms with E-state index in [-0.39, 0.29) is 23.8 Å². The number of aliphatic hydroxyl groups excluding tert-OH is 1. The van der Waals surface area contributed by atoms with Gasteiger partial charge in [-0.3, -0.25) is 4.79 Å². The summed E-state index contributed by atoms with van der Waals surface area (Å²) < 4.78 is 0. The molecule has 1 atom stereocenters. The van der Waals surface area contributed by atoms with Gasteiger partial charge in [0, 0.05) is 19.6 Å². The molecule has 0 bridgehead atoms. The van der Waals surface area contributed by atoms with Gasteiger partial charge in [0.05, 0.1) is 0 Å². The minimum Gasteiger partial charge on any atom is -0.396 e. The smallest absolute Gasteiger partial charge is 0.220 e. The molecule has 19 heavy (non-hydrogen) atoms. The molecule has 0 aliphatic rings. The van der Waals surface area contributed by atoms with Crippen LogP contribution in [0.5, 0.6) is 0 Å². The molecule has 0 radical (unpaired) electrons. The van der Waals surface area contributed by atoms with Crippen molar-refractivity contribution in [3.8, 4) is 0 Å². The summed E-state index contributed by atoms with van der Waals surface area (Å²) in [7, 11) is 0. The third-order valence-corrected chi connectivity index (χ3v) is 3.41. The lowest BCUT2D eigenvalue weighted by Gasteiger charge is -2.24. The lowest BCUT2D eigenvalue weighted by molar-refractivity contribution is -0.121. The summed E-state index contributed by atoms with van der Waals surface area (Å²) >= 11 is 0. The first-order chi connectivity index (χ1) is 8.94. The van der Waals surface area contributed by atoms with E-state index in [0.29, 0.717) is 19.4 Å². The molecular weight excluding hydrogens is 238 g/mol. The highest BCUT2D eigenvalue weighted by Gasteiger charge is 2.19. The quantitative estimate of drug-likeness (QED) is 0.794. The first kappa shape index (κ1) is 15.7. The number of nitrogens with one attached hydrogen (secondary N) is 1. The second kappa shape index (κ2) is 7.29. The number of carbonyl (C=O) groups excluding carboxylic acids is 1. The van der Waals surface area contributed by atoms with Gasteiger partial charge in [-0.25, -0.2) is 0 Å². The number of aliphatic hydroxyl groups is 1. The molecule has 1 amide bonds. The van der Waals surface area contributed by atoms with E-state index in [0.717, 1.165) is 0 Å². The van der Waals surface area contributed by atoms with Gasteiger partial charge >= 0.3 is 0 Å². The average molecular weight is 263 g/mol. The van der Waals surface area contributed by atoms with Crippen LogP contribution in [0.2, 0.25) is 0 Å². The molecule has 1 aromatic rings. The normalized spacial score (nSPS) is 13.1. The second-order valence-electron chi connectivity index (χ2n) is 5.93. The van der Waals surface area contributed by atoms with Gasteiger partial charge in [-0.1, -0.05) is 51.1 Å². The van der Waals surface area contributed by atoms with Crippen LogP contribution in [-0.4, -0.2) is 24.2 Å². The monoisotopic (exact) mass is 263 g/mol. The van der Waals surface area contributed by atoms with Crippen LogP contribution in [0.15, 0.2) is 30.3 Å². The standard InChI is InChI=1S/C16H25NO2/c1-13(14-7-5-4-6-8-14)11-15(19)17-12-16(2,3)9-10-18/h4-8,13,18H,9-12H2,1-3H3,(H,17,19). The van der Waals surface area contributed by atoms with Crippen molar-refractivity contribution in [3.05, 3.63) is 35.9 Å². The summed E-state index contributed by atoms with van der Waals surface area (Å²) in [4.78, 5) is 11.9. The molecule has 0 spiro atoms. The van der Waals surface area contributed by atoms with Gasteiger partial charge in [0.1, 0.15) is 0 Å². The molecule has 0 heterocycles. The van der Waals surface area contributed by atoms with Crippen molar-refractivity contribution >= 4 is 5.91 Å². The minimum atomic E-state index is -0.0552. The number of rotatable bonds is 7. The number of hydrogen-bond acceptors (Lipinski definition) is 2. The van der Waals surface area contributed by atoms with Gasteiger partial charge in [-0.05, 0) is 23.3 Å². The van der Waals surface area contributed by atoms with Crippen LogP contribution < -0.4 is 5.32 Å². The first-order valence-corrected chi connectivity index (χ1v) is 6.87. The van der Waals surface area contributed by atoms with Crippen molar-refractivity contribution in [1.82, 2.24) is 5.32 Å². The maximum Gasteiger partial charge on any atom is 0.220 e. The van der Waals surface area contributed by atoms with Crippen molar-refractivity contribution in [2.24, 2.45) is 5.41 Å². The molecule has 1 unspecified atom stereocenters. The van der Waals surface area contributed by atoms with Gasteiger partial charge in [-0.2, -0.15) is 0 Å². The molecule has 2 N–H and O–H groups in total. The second-order valence-corrected chi connectivity index (χ2v) is 5.93. The van der Waals surface area contributed by atoms with E-state index in [2.05, 4.69) is 12.2 Å². The lowest BCUT2D eigenvalue weighted by atomic mass is 9.89. The highest BCUT2D eigenvalue weighted by molar-refractivity contribution is 5.76. The Kier molecular flexibility index (Phi) is 6.03. The first-order valence-electron chi connectivity index (χ1n) is 6.87. The van der Waals surface area contributed by atoms with E-state index in [1.165, 1.54) is 5.56 Å². The van der Waals surface area contributed by atoms with Gasteiger partial charge in [0.25, 0.3) is 0 Å². The molecule has 0 aliphatic carbocycles. The van der Waals surface area contributed by atoms with E-state index >= 15 is 0 Å². The van der Waals surface area contributed by atoms with Crippen LogP contribution in [0, 0.1) is 5.41 Å². The Bertz CT molecular complexity index is 387. The van der Waals surface area contributed by atoms with E-state index in [4.69, 9.17) is 5.11 Å². The molecule has 0 saturated carbocycles. The molecule has 0 aromatic heterocycles. The Morgan fingerprint density at radius 2 is 1.95 bits per heavy atom. The summed E-state index contributed by atoms with van der Waals surface area (Å²) in [5.41, 5.74) is 1.13. The van der Waals surface area contributed by atoms with Crippen LogP contribution >= 0.6 is 0 Å². The fourth-order valence-corrected chi connectivity index (χ4v) is 1.98. The van der Waals surface area contributed by atoms with Crippen molar-refractivity contribution in [2.75, 3.05) is 13.2 Å². The zero-order valence-corrected chi connectivity index (χ0v) is 12.1. The number of carbonyl (C=O) groups is 1. The summed E-state index contributed by atoms with van der Waals surface area (Å²) in [6, 6.07) is 10.1. The fraction of sp³-hybridized carbons (Fsp3) is 0.562. The minimum absolute atomic E-state index is 0.0552. The Morgan fingerprint density at radius 1 is 1.32 bits per heavy atom. The summed E-state index contributed by atoms with van der Waals surface area (Å²) in [5, 5.41) is 11.9. The topological polar surface area (TPSA) is 49.3 Å². The molecule has 3 nitrogen and oxygen atoms in total. The predicted molar refractivity (Wildman–Crippen MR) is 78.0 cm³/mol. The van der Waals surface area contributed by atoms with Crippen molar-refractivity contribution < 1.29 is 9.90 Å². The van der Waals surface area contributed by atoms with Crippen molar-refractivity contribution in [3.63, 3.8) is 0 Å². The molecule has 1 rings (SSSR count). The maximum atomic E-state index is 11.9. The Labute approximate surface area is 116 Å². The zero-order chi connectivity index (χ0) is 14.3. The predicted octanol–water partition coefficient (Wildman–Crippen LogP) is 2.71. The molecule has 1 aromatic carbocycles. The van der Waals surface area contributed by atoms with Crippen molar-refractivity contribution in [2.45, 2.75) is 39.5 Å². The highest BCUT2D eigenvalue weighted by atomic mass is 16.3. The largest absolute Gasteiger partial charge is 0.396 e. The third-order valence-electron chi connectivity index (χ3n) is 3.41. The number of amides is 1. The van der Waals surface area contributed by atoms with Gasteiger partial charge in [0.2, 0.25) is 5.91 Å². The summed E-state index contributed by atoms with van der Waals surface area (Å²) in [5.74, 6) is 0.296.